The number of carbonyl (C=O) groups is 3. The first kappa shape index (κ1) is 25.8. The number of amides is 2. The molecule has 1 aromatic heterocycles. The van der Waals surface area contributed by atoms with Gasteiger partial charge >= 0.3 is 5.97 Å². The van der Waals surface area contributed by atoms with Crippen molar-refractivity contribution in [2.75, 3.05) is 30.1 Å². The highest BCUT2D eigenvalue weighted by Gasteiger charge is 2.27. The van der Waals surface area contributed by atoms with Crippen LogP contribution in [0.5, 0.6) is 5.75 Å². The van der Waals surface area contributed by atoms with E-state index in [0.29, 0.717) is 27.6 Å². The van der Waals surface area contributed by atoms with E-state index >= 15 is 0 Å². The Morgan fingerprint density at radius 2 is 1.81 bits per heavy atom. The van der Waals surface area contributed by atoms with Crippen LogP contribution in [0.25, 0.3) is 0 Å². The third-order valence-corrected chi connectivity index (χ3v) is 7.92. The topological polar surface area (TPSA) is 93.7 Å². The fraction of sp³-hybridized carbons (Fsp3) is 0.296. The molecule has 0 aliphatic heterocycles. The number of anilines is 2. The Kier molecular flexibility index (Phi) is 8.66. The van der Waals surface area contributed by atoms with Crippen LogP contribution in [0.15, 0.2) is 53.4 Å². The number of thioether (sulfide) groups is 1. The van der Waals surface area contributed by atoms with E-state index < -0.39 is 0 Å². The third kappa shape index (κ3) is 6.27. The average molecular weight is 525 g/mol. The Hall–Kier alpha value is -3.30. The molecule has 0 saturated heterocycles. The molecular weight excluding hydrogens is 496 g/mol. The van der Waals surface area contributed by atoms with Gasteiger partial charge < -0.3 is 20.1 Å². The summed E-state index contributed by atoms with van der Waals surface area (Å²) in [5.41, 5.74) is 2.69. The van der Waals surface area contributed by atoms with Crippen molar-refractivity contribution >= 4 is 51.6 Å². The minimum atomic E-state index is -0.375. The Labute approximate surface area is 218 Å². The fourth-order valence-corrected chi connectivity index (χ4v) is 6.04. The van der Waals surface area contributed by atoms with Gasteiger partial charge in [-0.15, -0.1) is 23.1 Å². The van der Waals surface area contributed by atoms with Crippen LogP contribution in [0.2, 0.25) is 0 Å². The molecule has 0 atom stereocenters. The number of hydrogen-bond donors (Lipinski definition) is 2. The van der Waals surface area contributed by atoms with Crippen LogP contribution in [0.4, 0.5) is 10.7 Å². The molecule has 2 amide bonds. The second-order valence-corrected chi connectivity index (χ2v) is 10.3. The maximum absolute atomic E-state index is 12.8. The quantitative estimate of drug-likeness (QED) is 0.272. The summed E-state index contributed by atoms with van der Waals surface area (Å²) in [6, 6.07) is 14.2. The summed E-state index contributed by atoms with van der Waals surface area (Å²) in [5.74, 6) is 0.0451. The van der Waals surface area contributed by atoms with Crippen LogP contribution >= 0.6 is 23.1 Å². The highest BCUT2D eigenvalue weighted by atomic mass is 32.2. The monoisotopic (exact) mass is 524 g/mol. The van der Waals surface area contributed by atoms with E-state index in [1.54, 1.807) is 44.4 Å². The lowest BCUT2D eigenvalue weighted by molar-refractivity contribution is -0.113. The number of hydrogen-bond acceptors (Lipinski definition) is 7. The van der Waals surface area contributed by atoms with Gasteiger partial charge in [0.15, 0.2) is 0 Å². The Balaban J connectivity index is 1.38. The highest BCUT2D eigenvalue weighted by Crippen LogP contribution is 2.38. The summed E-state index contributed by atoms with van der Waals surface area (Å²) < 4.78 is 10.4. The molecule has 0 unspecified atom stereocenters. The average Bonchev–Trinajstić information content (AvgIpc) is 3.25. The molecule has 1 aliphatic carbocycles. The van der Waals surface area contributed by atoms with Crippen molar-refractivity contribution in [3.05, 3.63) is 70.1 Å². The first-order chi connectivity index (χ1) is 17.5. The van der Waals surface area contributed by atoms with Crippen LogP contribution in [0, 0.1) is 0 Å². The van der Waals surface area contributed by atoms with Crippen LogP contribution in [-0.2, 0) is 22.4 Å². The van der Waals surface area contributed by atoms with Gasteiger partial charge in [0.25, 0.3) is 5.91 Å². The van der Waals surface area contributed by atoms with Crippen molar-refractivity contribution in [1.82, 2.24) is 0 Å². The number of benzene rings is 2. The number of thiophene rings is 1. The second-order valence-electron chi connectivity index (χ2n) is 8.18. The zero-order valence-corrected chi connectivity index (χ0v) is 21.9. The van der Waals surface area contributed by atoms with E-state index in [9.17, 15) is 14.4 Å². The molecule has 0 bridgehead atoms. The van der Waals surface area contributed by atoms with Crippen LogP contribution in [0.3, 0.4) is 0 Å². The number of ether oxygens (including phenoxy) is 2. The van der Waals surface area contributed by atoms with Gasteiger partial charge in [0.2, 0.25) is 5.91 Å². The number of carbonyl (C=O) groups excluding carboxylic acids is 3. The predicted octanol–water partition coefficient (Wildman–Crippen LogP) is 5.80. The van der Waals surface area contributed by atoms with Gasteiger partial charge in [0.1, 0.15) is 10.8 Å². The Bertz CT molecular complexity index is 1250. The van der Waals surface area contributed by atoms with Gasteiger partial charge in [-0.1, -0.05) is 6.07 Å². The molecular formula is C27H28N2O5S2. The lowest BCUT2D eigenvalue weighted by Crippen LogP contribution is -2.17. The molecule has 0 radical (unpaired) electrons. The zero-order chi connectivity index (χ0) is 25.5. The number of aryl methyl sites for hydroxylation is 1. The maximum atomic E-state index is 12.8. The number of fused-ring (bicyclic) bond motifs is 1. The fourth-order valence-electron chi connectivity index (χ4n) is 3.99. The molecule has 2 aromatic carbocycles. The maximum Gasteiger partial charge on any atom is 0.341 e. The first-order valence-corrected chi connectivity index (χ1v) is 13.6. The van der Waals surface area contributed by atoms with E-state index in [2.05, 4.69) is 10.6 Å². The highest BCUT2D eigenvalue weighted by molar-refractivity contribution is 8.00. The normalized spacial score (nSPS) is 12.4. The zero-order valence-electron chi connectivity index (χ0n) is 20.2. The standard InChI is InChI=1S/C27H28N2O5S2/c1-3-34-27(32)24-21-9-4-5-10-22(21)36-26(24)29-23(30)16-35-20-8-6-7-18(15-20)28-25(31)17-11-13-19(33-2)14-12-17/h6-8,11-15H,3-5,9-10,16H2,1-2H3,(H,28,31)(H,29,30). The van der Waals surface area contributed by atoms with Crippen molar-refractivity contribution in [1.29, 1.82) is 0 Å². The molecule has 36 heavy (non-hydrogen) atoms. The molecule has 0 spiro atoms. The SMILES string of the molecule is CCOC(=O)c1c(NC(=O)CSc2cccc(NC(=O)c3ccc(OC)cc3)c2)sc2c1CCCC2. The van der Waals surface area contributed by atoms with E-state index in [1.165, 1.54) is 23.1 Å². The smallest absolute Gasteiger partial charge is 0.341 e. The summed E-state index contributed by atoms with van der Waals surface area (Å²) in [6.45, 7) is 2.07. The second kappa shape index (κ2) is 12.1. The van der Waals surface area contributed by atoms with Crippen LogP contribution in [0.1, 0.15) is 50.9 Å². The molecule has 1 aliphatic rings. The van der Waals surface area contributed by atoms with Gasteiger partial charge in [-0.3, -0.25) is 9.59 Å². The van der Waals surface area contributed by atoms with E-state index in [4.69, 9.17) is 9.47 Å². The minimum absolute atomic E-state index is 0.167. The summed E-state index contributed by atoms with van der Waals surface area (Å²) in [4.78, 5) is 39.9. The van der Waals surface area contributed by atoms with Gasteiger partial charge in [0, 0.05) is 21.0 Å². The molecule has 9 heteroatoms. The van der Waals surface area contributed by atoms with E-state index in [1.807, 2.05) is 18.2 Å². The van der Waals surface area contributed by atoms with E-state index in [0.717, 1.165) is 41.0 Å². The number of esters is 1. The Morgan fingerprint density at radius 1 is 1.03 bits per heavy atom. The van der Waals surface area contributed by atoms with Crippen molar-refractivity contribution in [3.63, 3.8) is 0 Å². The first-order valence-electron chi connectivity index (χ1n) is 11.8. The van der Waals surface area contributed by atoms with Crippen molar-refractivity contribution in [2.24, 2.45) is 0 Å². The molecule has 3 aromatic rings. The number of rotatable bonds is 9. The molecule has 4 rings (SSSR count). The summed E-state index contributed by atoms with van der Waals surface area (Å²) in [6.07, 6.45) is 3.88. The molecule has 0 saturated carbocycles. The van der Waals surface area contributed by atoms with Crippen LogP contribution < -0.4 is 15.4 Å². The van der Waals surface area contributed by atoms with Gasteiger partial charge in [-0.05, 0) is 80.6 Å². The predicted molar refractivity (Wildman–Crippen MR) is 144 cm³/mol. The molecule has 0 fully saturated rings. The van der Waals surface area contributed by atoms with Crippen molar-refractivity contribution < 1.29 is 23.9 Å². The van der Waals surface area contributed by atoms with Crippen molar-refractivity contribution in [3.8, 4) is 5.75 Å². The van der Waals surface area contributed by atoms with Gasteiger partial charge in [-0.2, -0.15) is 0 Å². The molecule has 188 valence electrons. The molecule has 1 heterocycles. The summed E-state index contributed by atoms with van der Waals surface area (Å²) in [7, 11) is 1.58. The summed E-state index contributed by atoms with van der Waals surface area (Å²) in [5, 5.41) is 6.39. The summed E-state index contributed by atoms with van der Waals surface area (Å²) >= 11 is 2.84. The number of nitrogens with one attached hydrogen (secondary N) is 2. The third-order valence-electron chi connectivity index (χ3n) is 5.72. The van der Waals surface area contributed by atoms with Crippen molar-refractivity contribution in [2.45, 2.75) is 37.5 Å². The van der Waals surface area contributed by atoms with Gasteiger partial charge in [0.05, 0.1) is 25.0 Å². The lowest BCUT2D eigenvalue weighted by Gasteiger charge is -2.12. The lowest BCUT2D eigenvalue weighted by atomic mass is 9.95. The van der Waals surface area contributed by atoms with E-state index in [-0.39, 0.29) is 30.1 Å². The van der Waals surface area contributed by atoms with Crippen LogP contribution in [-0.4, -0.2) is 37.3 Å². The Morgan fingerprint density at radius 3 is 2.56 bits per heavy atom. The molecule has 2 N–H and O–H groups in total. The number of methoxy groups -OCH3 is 1. The minimum Gasteiger partial charge on any atom is -0.497 e. The largest absolute Gasteiger partial charge is 0.497 e. The molecule has 7 nitrogen and oxygen atoms in total. The van der Waals surface area contributed by atoms with Gasteiger partial charge in [-0.25, -0.2) is 4.79 Å².